The number of aliphatic hydroxyl groups excluding tert-OH is 1. The fourth-order valence-corrected chi connectivity index (χ4v) is 1.86. The Morgan fingerprint density at radius 3 is 2.83 bits per heavy atom. The lowest BCUT2D eigenvalue weighted by Gasteiger charge is -2.02. The van der Waals surface area contributed by atoms with Gasteiger partial charge in [0.15, 0.2) is 0 Å². The van der Waals surface area contributed by atoms with Crippen LogP contribution in [0.1, 0.15) is 22.5 Å². The van der Waals surface area contributed by atoms with Crippen LogP contribution in [0.4, 0.5) is 0 Å². The van der Waals surface area contributed by atoms with Gasteiger partial charge in [0.2, 0.25) is 5.76 Å². The first-order valence-corrected chi connectivity index (χ1v) is 5.79. The number of aliphatic hydroxyl groups is 1. The molecule has 2 aromatic rings. The van der Waals surface area contributed by atoms with Gasteiger partial charge in [-0.2, -0.15) is 0 Å². The topological polar surface area (TPSA) is 82.7 Å². The number of para-hydroxylation sites is 1. The van der Waals surface area contributed by atoms with Crippen LogP contribution in [0.15, 0.2) is 28.7 Å². The monoisotopic (exact) mass is 249 g/mol. The van der Waals surface area contributed by atoms with Gasteiger partial charge in [0, 0.05) is 24.1 Å². The molecule has 5 heteroatoms. The summed E-state index contributed by atoms with van der Waals surface area (Å²) in [6.07, 6.45) is 0.637. The molecule has 0 amide bonds. The van der Waals surface area contributed by atoms with Crippen molar-refractivity contribution in [1.82, 2.24) is 5.32 Å². The van der Waals surface area contributed by atoms with Crippen LogP contribution in [0.5, 0.6) is 0 Å². The summed E-state index contributed by atoms with van der Waals surface area (Å²) in [5.74, 6) is -1.09. The molecular formula is C13H15NO4. The van der Waals surface area contributed by atoms with E-state index in [-0.39, 0.29) is 12.4 Å². The molecule has 0 fully saturated rings. The van der Waals surface area contributed by atoms with Crippen molar-refractivity contribution in [3.8, 4) is 0 Å². The van der Waals surface area contributed by atoms with E-state index in [0.29, 0.717) is 30.7 Å². The molecule has 5 nitrogen and oxygen atoms in total. The predicted molar refractivity (Wildman–Crippen MR) is 66.6 cm³/mol. The Balaban J connectivity index is 2.27. The van der Waals surface area contributed by atoms with Crippen molar-refractivity contribution >= 4 is 16.9 Å². The van der Waals surface area contributed by atoms with Crippen molar-refractivity contribution in [2.75, 3.05) is 13.2 Å². The Labute approximate surface area is 104 Å². The lowest BCUT2D eigenvalue weighted by molar-refractivity contribution is 0.0663. The Kier molecular flexibility index (Phi) is 3.96. The van der Waals surface area contributed by atoms with Gasteiger partial charge in [0.25, 0.3) is 0 Å². The second kappa shape index (κ2) is 5.66. The van der Waals surface area contributed by atoms with Gasteiger partial charge in [-0.05, 0) is 19.0 Å². The Morgan fingerprint density at radius 1 is 1.33 bits per heavy atom. The largest absolute Gasteiger partial charge is 0.475 e. The van der Waals surface area contributed by atoms with Crippen molar-refractivity contribution in [3.63, 3.8) is 0 Å². The molecule has 96 valence electrons. The normalized spacial score (nSPS) is 10.9. The average Bonchev–Trinajstić information content (AvgIpc) is 2.74. The molecule has 1 heterocycles. The Morgan fingerprint density at radius 2 is 2.11 bits per heavy atom. The van der Waals surface area contributed by atoms with Gasteiger partial charge in [0.05, 0.1) is 0 Å². The lowest BCUT2D eigenvalue weighted by atomic mass is 10.1. The highest BCUT2D eigenvalue weighted by Crippen LogP contribution is 2.25. The standard InChI is InChI=1S/C13H15NO4/c15-7-3-6-14-8-10-9-4-1-2-5-11(9)18-12(10)13(16)17/h1-2,4-5,14-15H,3,6-8H2,(H,16,17). The van der Waals surface area contributed by atoms with E-state index in [9.17, 15) is 4.79 Å². The fourth-order valence-electron chi connectivity index (χ4n) is 1.86. The van der Waals surface area contributed by atoms with Gasteiger partial charge in [-0.25, -0.2) is 4.79 Å². The van der Waals surface area contributed by atoms with Crippen molar-refractivity contribution in [1.29, 1.82) is 0 Å². The average molecular weight is 249 g/mol. The van der Waals surface area contributed by atoms with Crippen LogP contribution in [0, 0.1) is 0 Å². The molecule has 0 aliphatic heterocycles. The van der Waals surface area contributed by atoms with Gasteiger partial charge in [-0.15, -0.1) is 0 Å². The van der Waals surface area contributed by atoms with E-state index in [2.05, 4.69) is 5.32 Å². The smallest absolute Gasteiger partial charge is 0.372 e. The van der Waals surface area contributed by atoms with E-state index < -0.39 is 5.97 Å². The third-order valence-corrected chi connectivity index (χ3v) is 2.71. The van der Waals surface area contributed by atoms with Crippen molar-refractivity contribution < 1.29 is 19.4 Å². The summed E-state index contributed by atoms with van der Waals surface area (Å²) in [6, 6.07) is 7.24. The number of hydrogen-bond acceptors (Lipinski definition) is 4. The number of carboxylic acids is 1. The predicted octanol–water partition coefficient (Wildman–Crippen LogP) is 1.60. The third kappa shape index (κ3) is 2.52. The van der Waals surface area contributed by atoms with E-state index in [0.717, 1.165) is 5.39 Å². The zero-order valence-electron chi connectivity index (χ0n) is 9.85. The maximum atomic E-state index is 11.1. The lowest BCUT2D eigenvalue weighted by Crippen LogP contribution is -2.17. The first-order valence-electron chi connectivity index (χ1n) is 5.79. The van der Waals surface area contributed by atoms with Crippen LogP contribution >= 0.6 is 0 Å². The summed E-state index contributed by atoms with van der Waals surface area (Å²) in [5.41, 5.74) is 1.23. The number of carbonyl (C=O) groups is 1. The van der Waals surface area contributed by atoms with E-state index >= 15 is 0 Å². The summed E-state index contributed by atoms with van der Waals surface area (Å²) >= 11 is 0. The molecule has 0 bridgehead atoms. The molecule has 0 saturated carbocycles. The molecule has 3 N–H and O–H groups in total. The summed E-state index contributed by atoms with van der Waals surface area (Å²) in [5, 5.41) is 21.7. The van der Waals surface area contributed by atoms with Crippen LogP contribution in [0.2, 0.25) is 0 Å². The highest BCUT2D eigenvalue weighted by atomic mass is 16.4. The van der Waals surface area contributed by atoms with Gasteiger partial charge >= 0.3 is 5.97 Å². The highest BCUT2D eigenvalue weighted by Gasteiger charge is 2.18. The van der Waals surface area contributed by atoms with Gasteiger partial charge in [0.1, 0.15) is 5.58 Å². The van der Waals surface area contributed by atoms with Crippen molar-refractivity contribution in [3.05, 3.63) is 35.6 Å². The second-order valence-corrected chi connectivity index (χ2v) is 3.96. The van der Waals surface area contributed by atoms with E-state index in [1.165, 1.54) is 0 Å². The van der Waals surface area contributed by atoms with Crippen molar-refractivity contribution in [2.45, 2.75) is 13.0 Å². The molecule has 1 aromatic carbocycles. The second-order valence-electron chi connectivity index (χ2n) is 3.96. The molecular weight excluding hydrogens is 234 g/mol. The first kappa shape index (κ1) is 12.6. The number of fused-ring (bicyclic) bond motifs is 1. The van der Waals surface area contributed by atoms with Crippen LogP contribution in [0.3, 0.4) is 0 Å². The number of rotatable bonds is 6. The van der Waals surface area contributed by atoms with Crippen molar-refractivity contribution in [2.24, 2.45) is 0 Å². The number of nitrogens with one attached hydrogen (secondary N) is 1. The number of carboxylic acid groups (broad SMARTS) is 1. The zero-order chi connectivity index (χ0) is 13.0. The van der Waals surface area contributed by atoms with Gasteiger partial charge < -0.3 is 19.9 Å². The molecule has 0 aliphatic carbocycles. The SMILES string of the molecule is O=C(O)c1oc2ccccc2c1CNCCCO. The molecule has 0 atom stereocenters. The van der Waals surface area contributed by atoms with Crippen LogP contribution in [0.25, 0.3) is 11.0 Å². The van der Waals surface area contributed by atoms with E-state index in [4.69, 9.17) is 14.6 Å². The minimum absolute atomic E-state index is 0.0206. The van der Waals surface area contributed by atoms with Crippen LogP contribution in [-0.2, 0) is 6.54 Å². The third-order valence-electron chi connectivity index (χ3n) is 2.71. The maximum Gasteiger partial charge on any atom is 0.372 e. The summed E-state index contributed by atoms with van der Waals surface area (Å²) in [7, 11) is 0. The molecule has 0 aliphatic rings. The number of aromatic carboxylic acids is 1. The zero-order valence-corrected chi connectivity index (χ0v) is 9.85. The molecule has 0 spiro atoms. The van der Waals surface area contributed by atoms with E-state index in [1.54, 1.807) is 12.1 Å². The molecule has 0 saturated heterocycles. The Bertz CT molecular complexity index is 547. The molecule has 2 rings (SSSR count). The highest BCUT2D eigenvalue weighted by molar-refractivity contribution is 5.95. The van der Waals surface area contributed by atoms with Crippen LogP contribution < -0.4 is 5.32 Å². The fraction of sp³-hybridized carbons (Fsp3) is 0.308. The summed E-state index contributed by atoms with van der Waals surface area (Å²) < 4.78 is 5.33. The van der Waals surface area contributed by atoms with Gasteiger partial charge in [-0.1, -0.05) is 18.2 Å². The van der Waals surface area contributed by atoms with Crippen LogP contribution in [-0.4, -0.2) is 29.3 Å². The molecule has 18 heavy (non-hydrogen) atoms. The van der Waals surface area contributed by atoms with Gasteiger partial charge in [-0.3, -0.25) is 0 Å². The number of hydrogen-bond donors (Lipinski definition) is 3. The van der Waals surface area contributed by atoms with E-state index in [1.807, 2.05) is 12.1 Å². The summed E-state index contributed by atoms with van der Waals surface area (Å²) in [6.45, 7) is 1.17. The summed E-state index contributed by atoms with van der Waals surface area (Å²) in [4.78, 5) is 11.1. The number of furan rings is 1. The first-order chi connectivity index (χ1) is 8.74. The quantitative estimate of drug-likeness (QED) is 0.677. The molecule has 1 aromatic heterocycles. The Hall–Kier alpha value is -1.85. The molecule has 0 unspecified atom stereocenters. The number of benzene rings is 1. The molecule has 0 radical (unpaired) electrons. The minimum Gasteiger partial charge on any atom is -0.475 e. The minimum atomic E-state index is -1.06. The maximum absolute atomic E-state index is 11.1.